The summed E-state index contributed by atoms with van der Waals surface area (Å²) >= 11 is 1.61. The third-order valence-electron chi connectivity index (χ3n) is 4.92. The quantitative estimate of drug-likeness (QED) is 0.318. The van der Waals surface area contributed by atoms with Gasteiger partial charge in [0.2, 0.25) is 0 Å². The highest BCUT2D eigenvalue weighted by Crippen LogP contribution is 2.38. The number of anilines is 1. The number of carbonyl (C=O) groups excluding carboxylic acids is 3. The number of rotatable bonds is 10. The Balaban J connectivity index is 1.99. The van der Waals surface area contributed by atoms with Gasteiger partial charge in [-0.1, -0.05) is 36.4 Å². The monoisotopic (exact) mass is 483 g/mol. The lowest BCUT2D eigenvalue weighted by Gasteiger charge is -2.25. The van der Waals surface area contributed by atoms with Gasteiger partial charge in [0.25, 0.3) is 0 Å². The van der Waals surface area contributed by atoms with Crippen LogP contribution in [0.1, 0.15) is 0 Å². The summed E-state index contributed by atoms with van der Waals surface area (Å²) in [7, 11) is 3.79. The first-order valence-electron chi connectivity index (χ1n) is 10.3. The Kier molecular flexibility index (Phi) is 8.64. The van der Waals surface area contributed by atoms with Gasteiger partial charge in [-0.25, -0.2) is 4.79 Å². The average Bonchev–Trinajstić information content (AvgIpc) is 3.37. The molecule has 0 fully saturated rings. The Hall–Kier alpha value is -3.85. The van der Waals surface area contributed by atoms with Gasteiger partial charge in [0, 0.05) is 9.75 Å². The van der Waals surface area contributed by atoms with Gasteiger partial charge in [-0.05, 0) is 35.4 Å². The van der Waals surface area contributed by atoms with E-state index in [-0.39, 0.29) is 19.7 Å². The summed E-state index contributed by atoms with van der Waals surface area (Å²) in [4.78, 5) is 39.3. The van der Waals surface area contributed by atoms with Crippen LogP contribution in [0.15, 0.2) is 60.7 Å². The zero-order valence-corrected chi connectivity index (χ0v) is 19.9. The summed E-state index contributed by atoms with van der Waals surface area (Å²) in [5, 5.41) is 0. The van der Waals surface area contributed by atoms with Crippen molar-refractivity contribution in [3.63, 3.8) is 0 Å². The summed E-state index contributed by atoms with van der Waals surface area (Å²) < 4.78 is 19.9. The lowest BCUT2D eigenvalue weighted by atomic mass is 10.1. The highest BCUT2D eigenvalue weighted by Gasteiger charge is 2.21. The standard InChI is InChI=1S/C25H25NO7S/c1-30-23(27)14-26(15-24(28)31-2)19-10-9-18(13-20(19)33-16-25(29)32-3)22-12-11-21(34-22)17-7-5-4-6-8-17/h4-13H,14-16H2,1-3H3. The van der Waals surface area contributed by atoms with E-state index in [1.807, 2.05) is 48.5 Å². The first-order chi connectivity index (χ1) is 16.4. The summed E-state index contributed by atoms with van der Waals surface area (Å²) in [5.41, 5.74) is 2.40. The van der Waals surface area contributed by atoms with Gasteiger partial charge in [0.15, 0.2) is 6.61 Å². The second kappa shape index (κ2) is 11.9. The molecule has 0 atom stereocenters. The Morgan fingerprint density at radius 2 is 1.32 bits per heavy atom. The fourth-order valence-electron chi connectivity index (χ4n) is 3.16. The SMILES string of the molecule is COC(=O)COc1cc(-c2ccc(-c3ccccc3)s2)ccc1N(CC(=O)OC)CC(=O)OC. The number of ether oxygens (including phenoxy) is 4. The van der Waals surface area contributed by atoms with Crippen molar-refractivity contribution in [3.05, 3.63) is 60.7 Å². The van der Waals surface area contributed by atoms with Crippen LogP contribution in [0.25, 0.3) is 20.9 Å². The molecule has 2 aromatic carbocycles. The molecule has 1 heterocycles. The number of methoxy groups -OCH3 is 3. The fraction of sp³-hybridized carbons (Fsp3) is 0.240. The van der Waals surface area contributed by atoms with Crippen LogP contribution in [0.2, 0.25) is 0 Å². The predicted molar refractivity (Wildman–Crippen MR) is 129 cm³/mol. The van der Waals surface area contributed by atoms with Crippen molar-refractivity contribution in [1.29, 1.82) is 0 Å². The van der Waals surface area contributed by atoms with E-state index in [4.69, 9.17) is 14.2 Å². The van der Waals surface area contributed by atoms with Gasteiger partial charge < -0.3 is 23.8 Å². The molecule has 3 aromatic rings. The predicted octanol–water partition coefficient (Wildman–Crippen LogP) is 3.79. The Morgan fingerprint density at radius 1 is 0.735 bits per heavy atom. The van der Waals surface area contributed by atoms with Crippen LogP contribution < -0.4 is 9.64 Å². The number of hydrogen-bond donors (Lipinski definition) is 0. The number of hydrogen-bond acceptors (Lipinski definition) is 9. The molecule has 8 nitrogen and oxygen atoms in total. The number of esters is 3. The lowest BCUT2D eigenvalue weighted by Crippen LogP contribution is -2.36. The molecule has 178 valence electrons. The average molecular weight is 484 g/mol. The first kappa shape index (κ1) is 24.8. The Morgan fingerprint density at radius 3 is 1.91 bits per heavy atom. The van der Waals surface area contributed by atoms with E-state index >= 15 is 0 Å². The highest BCUT2D eigenvalue weighted by molar-refractivity contribution is 7.18. The van der Waals surface area contributed by atoms with E-state index in [0.29, 0.717) is 11.4 Å². The molecule has 0 aliphatic rings. The van der Waals surface area contributed by atoms with Crippen LogP contribution in [0.5, 0.6) is 5.75 Å². The normalized spacial score (nSPS) is 10.3. The molecule has 0 bridgehead atoms. The van der Waals surface area contributed by atoms with Gasteiger partial charge in [-0.3, -0.25) is 9.59 Å². The van der Waals surface area contributed by atoms with Crippen molar-refractivity contribution in [2.45, 2.75) is 0 Å². The second-order valence-electron chi connectivity index (χ2n) is 7.09. The molecule has 0 amide bonds. The topological polar surface area (TPSA) is 91.4 Å². The molecule has 0 unspecified atom stereocenters. The highest BCUT2D eigenvalue weighted by atomic mass is 32.1. The molecule has 0 saturated carbocycles. The minimum atomic E-state index is -0.564. The van der Waals surface area contributed by atoms with Crippen molar-refractivity contribution < 1.29 is 33.3 Å². The van der Waals surface area contributed by atoms with Crippen LogP contribution >= 0.6 is 11.3 Å². The lowest BCUT2D eigenvalue weighted by molar-refractivity contribution is -0.143. The molecule has 0 N–H and O–H groups in total. The summed E-state index contributed by atoms with van der Waals surface area (Å²) in [5.74, 6) is -1.34. The Bertz CT molecular complexity index is 1130. The largest absolute Gasteiger partial charge is 0.480 e. The van der Waals surface area contributed by atoms with Crippen molar-refractivity contribution in [2.24, 2.45) is 0 Å². The third kappa shape index (κ3) is 6.35. The molecule has 1 aromatic heterocycles. The molecular weight excluding hydrogens is 458 g/mol. The van der Waals surface area contributed by atoms with Crippen molar-refractivity contribution in [2.75, 3.05) is 45.9 Å². The summed E-state index contributed by atoms with van der Waals surface area (Å²) in [6.07, 6.45) is 0. The summed E-state index contributed by atoms with van der Waals surface area (Å²) in [6, 6.07) is 19.4. The van der Waals surface area contributed by atoms with Crippen LogP contribution in [0.3, 0.4) is 0 Å². The zero-order chi connectivity index (χ0) is 24.5. The van der Waals surface area contributed by atoms with Gasteiger partial charge in [0.1, 0.15) is 18.8 Å². The molecule has 9 heteroatoms. The van der Waals surface area contributed by atoms with Gasteiger partial charge >= 0.3 is 17.9 Å². The first-order valence-corrected chi connectivity index (χ1v) is 11.1. The van der Waals surface area contributed by atoms with Gasteiger partial charge in [0.05, 0.1) is 27.0 Å². The number of benzene rings is 2. The number of nitrogens with zero attached hydrogens (tertiary/aromatic N) is 1. The fourth-order valence-corrected chi connectivity index (χ4v) is 4.17. The Labute approximate surface area is 201 Å². The molecule has 0 spiro atoms. The molecule has 0 aliphatic carbocycles. The second-order valence-corrected chi connectivity index (χ2v) is 8.17. The third-order valence-corrected chi connectivity index (χ3v) is 6.10. The number of carbonyl (C=O) groups is 3. The van der Waals surface area contributed by atoms with E-state index in [0.717, 1.165) is 20.9 Å². The van der Waals surface area contributed by atoms with Gasteiger partial charge in [-0.2, -0.15) is 0 Å². The van der Waals surface area contributed by atoms with Gasteiger partial charge in [-0.15, -0.1) is 11.3 Å². The minimum Gasteiger partial charge on any atom is -0.480 e. The molecule has 3 rings (SSSR count). The molecule has 34 heavy (non-hydrogen) atoms. The summed E-state index contributed by atoms with van der Waals surface area (Å²) in [6.45, 7) is -0.760. The molecule has 0 radical (unpaired) electrons. The van der Waals surface area contributed by atoms with E-state index in [2.05, 4.69) is 4.74 Å². The van der Waals surface area contributed by atoms with E-state index < -0.39 is 17.9 Å². The maximum Gasteiger partial charge on any atom is 0.343 e. The smallest absolute Gasteiger partial charge is 0.343 e. The van der Waals surface area contributed by atoms with Crippen LogP contribution in [0.4, 0.5) is 5.69 Å². The van der Waals surface area contributed by atoms with Crippen LogP contribution in [-0.2, 0) is 28.6 Å². The van der Waals surface area contributed by atoms with E-state index in [1.54, 1.807) is 23.5 Å². The van der Waals surface area contributed by atoms with Crippen molar-refractivity contribution >= 4 is 34.9 Å². The number of thiophene rings is 1. The van der Waals surface area contributed by atoms with Crippen LogP contribution in [0, 0.1) is 0 Å². The molecular formula is C25H25NO7S. The van der Waals surface area contributed by atoms with E-state index in [9.17, 15) is 14.4 Å². The van der Waals surface area contributed by atoms with Crippen LogP contribution in [-0.4, -0.2) is 58.9 Å². The minimum absolute atomic E-state index is 0.212. The molecule has 0 saturated heterocycles. The maximum absolute atomic E-state index is 12.0. The van der Waals surface area contributed by atoms with Crippen molar-refractivity contribution in [1.82, 2.24) is 0 Å². The maximum atomic E-state index is 12.0. The zero-order valence-electron chi connectivity index (χ0n) is 19.1. The molecule has 0 aliphatic heterocycles. The van der Waals surface area contributed by atoms with Crippen molar-refractivity contribution in [3.8, 4) is 26.6 Å². The van der Waals surface area contributed by atoms with E-state index in [1.165, 1.54) is 26.2 Å².